The van der Waals surface area contributed by atoms with Gasteiger partial charge >= 0.3 is 0 Å². The number of nitrogens with zero attached hydrogens (tertiary/aromatic N) is 1. The van der Waals surface area contributed by atoms with Gasteiger partial charge in [-0.15, -0.1) is 0 Å². The average Bonchev–Trinajstić information content (AvgIpc) is 2.74. The van der Waals surface area contributed by atoms with Gasteiger partial charge in [0.1, 0.15) is 11.4 Å². The summed E-state index contributed by atoms with van der Waals surface area (Å²) in [5.74, 6) is 0.838. The Labute approximate surface area is 88.3 Å². The van der Waals surface area contributed by atoms with Gasteiger partial charge in [0.15, 0.2) is 0 Å². The van der Waals surface area contributed by atoms with Gasteiger partial charge in [-0.3, -0.25) is 0 Å². The minimum atomic E-state index is 0.161. The maximum absolute atomic E-state index is 5.28. The predicted octanol–water partition coefficient (Wildman–Crippen LogP) is 2.27. The van der Waals surface area contributed by atoms with E-state index in [2.05, 4.69) is 10.3 Å². The number of ether oxygens (including phenoxy) is 1. The summed E-state index contributed by atoms with van der Waals surface area (Å²) in [5, 5.41) is 4.23. The fourth-order valence-electron chi connectivity index (χ4n) is 1.36. The number of nitrogens with one attached hydrogen (secondary N) is 1. The molecule has 1 N–H and O–H groups in total. The fraction of sp³-hybridized carbons (Fsp3) is 0.364. The van der Waals surface area contributed by atoms with E-state index in [1.165, 1.54) is 0 Å². The molecule has 2 heterocycles. The summed E-state index contributed by atoms with van der Waals surface area (Å²) in [4.78, 5) is 4.26. The van der Waals surface area contributed by atoms with Crippen molar-refractivity contribution in [3.05, 3.63) is 24.6 Å². The highest BCUT2D eigenvalue weighted by atomic mass is 16.5. The summed E-state index contributed by atoms with van der Waals surface area (Å²) in [6, 6.07) is 3.75. The van der Waals surface area contributed by atoms with Crippen molar-refractivity contribution in [1.82, 2.24) is 4.98 Å². The first kappa shape index (κ1) is 9.98. The summed E-state index contributed by atoms with van der Waals surface area (Å²) in [6.45, 7) is 2.73. The third-order valence-electron chi connectivity index (χ3n) is 2.34. The van der Waals surface area contributed by atoms with Crippen molar-refractivity contribution < 1.29 is 9.15 Å². The van der Waals surface area contributed by atoms with E-state index in [9.17, 15) is 0 Å². The Balaban J connectivity index is 2.17. The Morgan fingerprint density at radius 2 is 2.40 bits per heavy atom. The number of methoxy groups -OCH3 is 1. The second kappa shape index (κ2) is 4.31. The highest BCUT2D eigenvalue weighted by molar-refractivity contribution is 5.87. The molecule has 0 saturated carbocycles. The van der Waals surface area contributed by atoms with Crippen LogP contribution in [0.15, 0.2) is 29.0 Å². The molecule has 0 spiro atoms. The van der Waals surface area contributed by atoms with Crippen LogP contribution in [0.3, 0.4) is 0 Å². The normalized spacial score (nSPS) is 12.9. The first-order valence-electron chi connectivity index (χ1n) is 4.90. The number of fused-ring (bicyclic) bond motifs is 1. The zero-order valence-electron chi connectivity index (χ0n) is 8.86. The summed E-state index contributed by atoms with van der Waals surface area (Å²) in [6.07, 6.45) is 3.55. The standard InChI is InChI=1S/C11H14N2O2/c1-8(14-2)7-13-11-9-4-6-15-10(9)3-5-12-11/h3-6,8H,7H2,1-2H3,(H,12,13). The van der Waals surface area contributed by atoms with E-state index in [0.29, 0.717) is 0 Å². The van der Waals surface area contributed by atoms with Crippen LogP contribution in [0.4, 0.5) is 5.82 Å². The van der Waals surface area contributed by atoms with Crippen molar-refractivity contribution in [3.8, 4) is 0 Å². The maximum atomic E-state index is 5.28. The van der Waals surface area contributed by atoms with E-state index >= 15 is 0 Å². The van der Waals surface area contributed by atoms with Gasteiger partial charge in [0.25, 0.3) is 0 Å². The lowest BCUT2D eigenvalue weighted by Crippen LogP contribution is -2.18. The van der Waals surface area contributed by atoms with E-state index in [4.69, 9.17) is 9.15 Å². The number of pyridine rings is 1. The Morgan fingerprint density at radius 1 is 1.53 bits per heavy atom. The molecule has 1 atom stereocenters. The monoisotopic (exact) mass is 206 g/mol. The number of hydrogen-bond donors (Lipinski definition) is 1. The SMILES string of the molecule is COC(C)CNc1nccc2occc12. The molecule has 4 heteroatoms. The lowest BCUT2D eigenvalue weighted by molar-refractivity contribution is 0.128. The third-order valence-corrected chi connectivity index (χ3v) is 2.34. The van der Waals surface area contributed by atoms with E-state index in [1.54, 1.807) is 19.6 Å². The van der Waals surface area contributed by atoms with Gasteiger partial charge in [-0.05, 0) is 19.1 Å². The second-order valence-electron chi connectivity index (χ2n) is 3.42. The van der Waals surface area contributed by atoms with Crippen LogP contribution in [0.1, 0.15) is 6.92 Å². The smallest absolute Gasteiger partial charge is 0.139 e. The fourth-order valence-corrected chi connectivity index (χ4v) is 1.36. The molecule has 2 aromatic rings. The lowest BCUT2D eigenvalue weighted by atomic mass is 10.3. The molecule has 0 radical (unpaired) electrons. The summed E-state index contributed by atoms with van der Waals surface area (Å²) < 4.78 is 10.4. The topological polar surface area (TPSA) is 47.3 Å². The van der Waals surface area contributed by atoms with Gasteiger partial charge in [-0.2, -0.15) is 0 Å². The van der Waals surface area contributed by atoms with Crippen LogP contribution in [-0.4, -0.2) is 24.7 Å². The van der Waals surface area contributed by atoms with Crippen LogP contribution in [-0.2, 0) is 4.74 Å². The van der Waals surface area contributed by atoms with Gasteiger partial charge in [-0.1, -0.05) is 0 Å². The highest BCUT2D eigenvalue weighted by Gasteiger charge is 2.05. The number of hydrogen-bond acceptors (Lipinski definition) is 4. The van der Waals surface area contributed by atoms with Crippen LogP contribution in [0.25, 0.3) is 11.0 Å². The number of aromatic nitrogens is 1. The van der Waals surface area contributed by atoms with Gasteiger partial charge in [0.05, 0.1) is 17.8 Å². The van der Waals surface area contributed by atoms with E-state index in [0.717, 1.165) is 23.3 Å². The van der Waals surface area contributed by atoms with Gasteiger partial charge in [-0.25, -0.2) is 4.98 Å². The van der Waals surface area contributed by atoms with Crippen LogP contribution in [0, 0.1) is 0 Å². The van der Waals surface area contributed by atoms with Crippen molar-refractivity contribution in [2.75, 3.05) is 19.0 Å². The largest absolute Gasteiger partial charge is 0.464 e. The van der Waals surface area contributed by atoms with Crippen molar-refractivity contribution in [2.45, 2.75) is 13.0 Å². The van der Waals surface area contributed by atoms with Crippen LogP contribution in [0.2, 0.25) is 0 Å². The molecule has 4 nitrogen and oxygen atoms in total. The summed E-state index contributed by atoms with van der Waals surface area (Å²) in [5.41, 5.74) is 0.845. The summed E-state index contributed by atoms with van der Waals surface area (Å²) >= 11 is 0. The summed E-state index contributed by atoms with van der Waals surface area (Å²) in [7, 11) is 1.69. The van der Waals surface area contributed by atoms with Crippen molar-refractivity contribution >= 4 is 16.8 Å². The molecule has 0 saturated heterocycles. The molecule has 0 aliphatic heterocycles. The van der Waals surface area contributed by atoms with E-state index < -0.39 is 0 Å². The average molecular weight is 206 g/mol. The molecule has 2 aromatic heterocycles. The molecular weight excluding hydrogens is 192 g/mol. The molecule has 2 rings (SSSR count). The number of furan rings is 1. The Kier molecular flexibility index (Phi) is 2.87. The van der Waals surface area contributed by atoms with Crippen molar-refractivity contribution in [2.24, 2.45) is 0 Å². The second-order valence-corrected chi connectivity index (χ2v) is 3.42. The first-order chi connectivity index (χ1) is 7.31. The predicted molar refractivity (Wildman–Crippen MR) is 59.0 cm³/mol. The molecule has 0 aromatic carbocycles. The molecule has 0 amide bonds. The third kappa shape index (κ3) is 2.10. The van der Waals surface area contributed by atoms with Crippen molar-refractivity contribution in [3.63, 3.8) is 0 Å². The molecule has 15 heavy (non-hydrogen) atoms. The van der Waals surface area contributed by atoms with Crippen LogP contribution in [0.5, 0.6) is 0 Å². The minimum Gasteiger partial charge on any atom is -0.464 e. The number of anilines is 1. The van der Waals surface area contributed by atoms with E-state index in [1.807, 2.05) is 19.1 Å². The Bertz CT molecular complexity index is 439. The van der Waals surface area contributed by atoms with Gasteiger partial charge < -0.3 is 14.5 Å². The zero-order chi connectivity index (χ0) is 10.7. The van der Waals surface area contributed by atoms with Crippen LogP contribution < -0.4 is 5.32 Å². The van der Waals surface area contributed by atoms with Crippen molar-refractivity contribution in [1.29, 1.82) is 0 Å². The van der Waals surface area contributed by atoms with E-state index in [-0.39, 0.29) is 6.10 Å². The van der Waals surface area contributed by atoms with Gasteiger partial charge in [0, 0.05) is 19.9 Å². The molecule has 0 bridgehead atoms. The molecular formula is C11H14N2O2. The molecule has 1 unspecified atom stereocenters. The minimum absolute atomic E-state index is 0.161. The van der Waals surface area contributed by atoms with Gasteiger partial charge in [0.2, 0.25) is 0 Å². The first-order valence-corrected chi connectivity index (χ1v) is 4.90. The Hall–Kier alpha value is -1.55. The number of rotatable bonds is 4. The Morgan fingerprint density at radius 3 is 3.20 bits per heavy atom. The highest BCUT2D eigenvalue weighted by Crippen LogP contribution is 2.21. The molecule has 0 fully saturated rings. The maximum Gasteiger partial charge on any atom is 0.139 e. The molecule has 0 aliphatic rings. The quantitative estimate of drug-likeness (QED) is 0.833. The lowest BCUT2D eigenvalue weighted by Gasteiger charge is -2.11. The molecule has 0 aliphatic carbocycles. The zero-order valence-corrected chi connectivity index (χ0v) is 8.86. The van der Waals surface area contributed by atoms with Crippen LogP contribution >= 0.6 is 0 Å². The molecule has 80 valence electrons.